The molecule has 2 N–H and O–H groups in total. The minimum Gasteiger partial charge on any atom is -0.504 e. The van der Waals surface area contributed by atoms with E-state index in [4.69, 9.17) is 9.15 Å². The number of benzene rings is 2. The van der Waals surface area contributed by atoms with E-state index in [2.05, 4.69) is 4.98 Å². The van der Waals surface area contributed by atoms with Crippen LogP contribution in [0.5, 0.6) is 17.2 Å². The van der Waals surface area contributed by atoms with Crippen molar-refractivity contribution in [1.82, 2.24) is 4.98 Å². The van der Waals surface area contributed by atoms with Crippen molar-refractivity contribution < 1.29 is 24.2 Å². The van der Waals surface area contributed by atoms with Crippen LogP contribution in [0.3, 0.4) is 0 Å². The van der Waals surface area contributed by atoms with Gasteiger partial charge in [-0.15, -0.1) is 0 Å². The molecule has 1 aliphatic rings. The SMILES string of the molecule is O=C1CC(c2cccnc2)c2c(c(O)c(O)c3c(=O)cc(-c4ccccc4)oc23)O1. The molecule has 5 rings (SSSR count). The van der Waals surface area contributed by atoms with Gasteiger partial charge in [-0.3, -0.25) is 14.6 Å². The Morgan fingerprint density at radius 2 is 1.80 bits per heavy atom. The third-order valence-corrected chi connectivity index (χ3v) is 5.19. The van der Waals surface area contributed by atoms with Crippen LogP contribution in [0.4, 0.5) is 0 Å². The lowest BCUT2D eigenvalue weighted by Gasteiger charge is -2.26. The van der Waals surface area contributed by atoms with Crippen LogP contribution >= 0.6 is 0 Å². The molecule has 0 amide bonds. The molecule has 3 heterocycles. The molecular weight excluding hydrogens is 386 g/mol. The lowest BCUT2D eigenvalue weighted by atomic mass is 9.85. The summed E-state index contributed by atoms with van der Waals surface area (Å²) in [6.45, 7) is 0. The van der Waals surface area contributed by atoms with E-state index < -0.39 is 28.8 Å². The summed E-state index contributed by atoms with van der Waals surface area (Å²) >= 11 is 0. The number of nitrogens with zero attached hydrogens (tertiary/aromatic N) is 1. The highest BCUT2D eigenvalue weighted by Gasteiger charge is 2.36. The van der Waals surface area contributed by atoms with Crippen LogP contribution in [0, 0.1) is 0 Å². The molecule has 1 aliphatic heterocycles. The number of ether oxygens (including phenoxy) is 1. The number of hydrogen-bond acceptors (Lipinski definition) is 7. The van der Waals surface area contributed by atoms with Crippen LogP contribution in [0.25, 0.3) is 22.3 Å². The van der Waals surface area contributed by atoms with Crippen LogP contribution in [0.1, 0.15) is 23.5 Å². The molecule has 2 aromatic carbocycles. The van der Waals surface area contributed by atoms with Crippen LogP contribution < -0.4 is 10.2 Å². The molecule has 1 unspecified atom stereocenters. The van der Waals surface area contributed by atoms with Gasteiger partial charge in [0, 0.05) is 29.9 Å². The summed E-state index contributed by atoms with van der Waals surface area (Å²) in [5, 5.41) is 20.8. The second-order valence-electron chi connectivity index (χ2n) is 7.00. The van der Waals surface area contributed by atoms with Gasteiger partial charge in [0.1, 0.15) is 16.7 Å². The van der Waals surface area contributed by atoms with Crippen molar-refractivity contribution in [2.75, 3.05) is 0 Å². The molecule has 7 heteroatoms. The molecule has 30 heavy (non-hydrogen) atoms. The molecule has 2 aromatic heterocycles. The maximum Gasteiger partial charge on any atom is 0.312 e. The predicted molar refractivity (Wildman–Crippen MR) is 108 cm³/mol. The summed E-state index contributed by atoms with van der Waals surface area (Å²) in [6, 6.07) is 13.8. The Kier molecular flexibility index (Phi) is 4.03. The number of esters is 1. The Morgan fingerprint density at radius 3 is 2.53 bits per heavy atom. The number of rotatable bonds is 2. The second kappa shape index (κ2) is 6.73. The van der Waals surface area contributed by atoms with Crippen molar-refractivity contribution in [3.63, 3.8) is 0 Å². The summed E-state index contributed by atoms with van der Waals surface area (Å²) in [5.74, 6) is -2.42. The standard InChI is InChI=1S/C23H15NO6/c25-15-10-16(12-5-2-1-3-6-12)29-22-18-14(13-7-4-8-24-11-13)9-17(26)30-23(18)21(28)20(27)19(15)22/h1-8,10-11,14,27-28H,9H2. The van der Waals surface area contributed by atoms with Gasteiger partial charge in [0.15, 0.2) is 16.9 Å². The van der Waals surface area contributed by atoms with Gasteiger partial charge < -0.3 is 19.4 Å². The zero-order valence-electron chi connectivity index (χ0n) is 15.5. The smallest absolute Gasteiger partial charge is 0.312 e. The molecule has 4 aromatic rings. The number of hydrogen-bond donors (Lipinski definition) is 2. The Labute approximate surface area is 169 Å². The summed E-state index contributed by atoms with van der Waals surface area (Å²) < 4.78 is 11.3. The van der Waals surface area contributed by atoms with E-state index in [1.807, 2.05) is 18.2 Å². The number of aromatic nitrogens is 1. The van der Waals surface area contributed by atoms with Gasteiger partial charge in [-0.05, 0) is 11.6 Å². The fourth-order valence-electron chi connectivity index (χ4n) is 3.82. The van der Waals surface area contributed by atoms with Crippen molar-refractivity contribution in [2.24, 2.45) is 0 Å². The second-order valence-corrected chi connectivity index (χ2v) is 7.00. The van der Waals surface area contributed by atoms with Crippen LogP contribution in [0.2, 0.25) is 0 Å². The molecule has 0 spiro atoms. The maximum atomic E-state index is 12.9. The first-order chi connectivity index (χ1) is 14.5. The highest BCUT2D eigenvalue weighted by molar-refractivity contribution is 5.96. The Balaban J connectivity index is 1.89. The van der Waals surface area contributed by atoms with Crippen LogP contribution in [-0.4, -0.2) is 21.2 Å². The first-order valence-electron chi connectivity index (χ1n) is 9.26. The number of carbonyl (C=O) groups is 1. The third kappa shape index (κ3) is 2.71. The number of phenolic OH excluding ortho intramolecular Hbond substituents is 2. The Hall–Kier alpha value is -4.13. The van der Waals surface area contributed by atoms with Crippen molar-refractivity contribution in [2.45, 2.75) is 12.3 Å². The number of aromatic hydroxyl groups is 2. The summed E-state index contributed by atoms with van der Waals surface area (Å²) in [4.78, 5) is 29.2. The van der Waals surface area contributed by atoms with Gasteiger partial charge in [0.05, 0.1) is 12.0 Å². The van der Waals surface area contributed by atoms with Gasteiger partial charge in [0.25, 0.3) is 0 Å². The van der Waals surface area contributed by atoms with Gasteiger partial charge in [0.2, 0.25) is 5.75 Å². The first-order valence-corrected chi connectivity index (χ1v) is 9.26. The zero-order valence-corrected chi connectivity index (χ0v) is 15.5. The first kappa shape index (κ1) is 17.9. The molecule has 1 atom stereocenters. The molecule has 0 aliphatic carbocycles. The fourth-order valence-corrected chi connectivity index (χ4v) is 3.82. The Bertz CT molecular complexity index is 1350. The largest absolute Gasteiger partial charge is 0.504 e. The monoisotopic (exact) mass is 401 g/mol. The zero-order chi connectivity index (χ0) is 20.8. The summed E-state index contributed by atoms with van der Waals surface area (Å²) in [6.07, 6.45) is 3.17. The third-order valence-electron chi connectivity index (χ3n) is 5.19. The molecule has 0 fully saturated rings. The van der Waals surface area contributed by atoms with E-state index in [1.54, 1.807) is 36.7 Å². The number of fused-ring (bicyclic) bond motifs is 3. The molecule has 0 saturated heterocycles. The molecule has 0 bridgehead atoms. The highest BCUT2D eigenvalue weighted by Crippen LogP contribution is 2.51. The highest BCUT2D eigenvalue weighted by atomic mass is 16.5. The maximum absolute atomic E-state index is 12.9. The van der Waals surface area contributed by atoms with Gasteiger partial charge in [-0.1, -0.05) is 36.4 Å². The number of carbonyl (C=O) groups excluding carboxylic acids is 1. The van der Waals surface area contributed by atoms with Gasteiger partial charge >= 0.3 is 5.97 Å². The predicted octanol–water partition coefficient (Wildman–Crippen LogP) is 3.71. The lowest BCUT2D eigenvalue weighted by Crippen LogP contribution is -2.22. The fraction of sp³-hybridized carbons (Fsp3) is 0.0870. The van der Waals surface area contributed by atoms with Gasteiger partial charge in [-0.2, -0.15) is 0 Å². The van der Waals surface area contributed by atoms with Crippen molar-refractivity contribution >= 4 is 16.9 Å². The quantitative estimate of drug-likeness (QED) is 0.299. The van der Waals surface area contributed by atoms with E-state index in [0.29, 0.717) is 22.5 Å². The molecular formula is C23H15NO6. The molecule has 0 saturated carbocycles. The normalized spacial score (nSPS) is 15.6. The van der Waals surface area contributed by atoms with E-state index in [-0.39, 0.29) is 23.1 Å². The van der Waals surface area contributed by atoms with Crippen molar-refractivity contribution in [3.05, 3.63) is 82.3 Å². The van der Waals surface area contributed by atoms with Crippen LogP contribution in [0.15, 0.2) is 70.1 Å². The van der Waals surface area contributed by atoms with E-state index in [0.717, 1.165) is 0 Å². The Morgan fingerprint density at radius 1 is 1.00 bits per heavy atom. The average molecular weight is 401 g/mol. The lowest BCUT2D eigenvalue weighted by molar-refractivity contribution is -0.135. The molecule has 7 nitrogen and oxygen atoms in total. The van der Waals surface area contributed by atoms with Gasteiger partial charge in [-0.25, -0.2) is 0 Å². The summed E-state index contributed by atoms with van der Waals surface area (Å²) in [5.41, 5.74) is 1.22. The average Bonchev–Trinajstić information content (AvgIpc) is 2.77. The summed E-state index contributed by atoms with van der Waals surface area (Å²) in [7, 11) is 0. The minimum atomic E-state index is -0.684. The topological polar surface area (TPSA) is 110 Å². The van der Waals surface area contributed by atoms with E-state index >= 15 is 0 Å². The minimum absolute atomic E-state index is 0.0305. The number of phenols is 2. The van der Waals surface area contributed by atoms with E-state index in [9.17, 15) is 19.8 Å². The van der Waals surface area contributed by atoms with Crippen LogP contribution in [-0.2, 0) is 4.79 Å². The molecule has 148 valence electrons. The van der Waals surface area contributed by atoms with Crippen molar-refractivity contribution in [1.29, 1.82) is 0 Å². The van der Waals surface area contributed by atoms with E-state index in [1.165, 1.54) is 6.07 Å². The number of pyridine rings is 1. The van der Waals surface area contributed by atoms with Crippen molar-refractivity contribution in [3.8, 4) is 28.6 Å². The molecule has 0 radical (unpaired) electrons.